The van der Waals surface area contributed by atoms with E-state index in [1.54, 1.807) is 12.1 Å². The van der Waals surface area contributed by atoms with Gasteiger partial charge in [0.15, 0.2) is 5.69 Å². The van der Waals surface area contributed by atoms with Crippen LogP contribution in [0.25, 0.3) is 0 Å². The minimum Gasteiger partial charge on any atom is -0.477 e. The number of carboxylic acid groups (broad SMARTS) is 1. The molecule has 1 aromatic heterocycles. The van der Waals surface area contributed by atoms with Gasteiger partial charge >= 0.3 is 5.97 Å². The zero-order valence-electron chi connectivity index (χ0n) is 10.4. The SMILES string of the molecule is O=C(O)c1cccc(N2C[C@H]3CCCC[C@H]3C2)n1. The van der Waals surface area contributed by atoms with Gasteiger partial charge in [-0.05, 0) is 36.8 Å². The van der Waals surface area contributed by atoms with Gasteiger partial charge in [-0.15, -0.1) is 0 Å². The average molecular weight is 246 g/mol. The summed E-state index contributed by atoms with van der Waals surface area (Å²) in [6.45, 7) is 2.08. The molecule has 1 saturated carbocycles. The van der Waals surface area contributed by atoms with Crippen molar-refractivity contribution in [3.8, 4) is 0 Å². The van der Waals surface area contributed by atoms with Gasteiger partial charge in [0.2, 0.25) is 0 Å². The predicted molar refractivity (Wildman–Crippen MR) is 68.9 cm³/mol. The monoisotopic (exact) mass is 246 g/mol. The van der Waals surface area contributed by atoms with Crippen molar-refractivity contribution in [2.45, 2.75) is 25.7 Å². The molecule has 0 spiro atoms. The van der Waals surface area contributed by atoms with Gasteiger partial charge in [-0.3, -0.25) is 0 Å². The summed E-state index contributed by atoms with van der Waals surface area (Å²) in [4.78, 5) is 17.4. The highest BCUT2D eigenvalue weighted by Gasteiger charge is 2.34. The number of aromatic carboxylic acids is 1. The summed E-state index contributed by atoms with van der Waals surface area (Å²) in [5, 5.41) is 8.98. The number of nitrogens with zero attached hydrogens (tertiary/aromatic N) is 2. The van der Waals surface area contributed by atoms with E-state index >= 15 is 0 Å². The minimum atomic E-state index is -0.950. The number of hydrogen-bond donors (Lipinski definition) is 1. The van der Waals surface area contributed by atoms with Crippen LogP contribution in [0.1, 0.15) is 36.2 Å². The maximum absolute atomic E-state index is 10.9. The molecule has 0 amide bonds. The molecule has 2 aliphatic rings. The molecule has 1 N–H and O–H groups in total. The van der Waals surface area contributed by atoms with Gasteiger partial charge in [-0.25, -0.2) is 9.78 Å². The van der Waals surface area contributed by atoms with Crippen LogP contribution in [0.15, 0.2) is 18.2 Å². The largest absolute Gasteiger partial charge is 0.477 e. The number of anilines is 1. The lowest BCUT2D eigenvalue weighted by atomic mass is 9.82. The molecule has 4 heteroatoms. The lowest BCUT2D eigenvalue weighted by molar-refractivity contribution is 0.0690. The Bertz CT molecular complexity index is 447. The molecule has 2 atom stereocenters. The Morgan fingerprint density at radius 2 is 1.89 bits per heavy atom. The van der Waals surface area contributed by atoms with Crippen molar-refractivity contribution in [3.63, 3.8) is 0 Å². The number of carbonyl (C=O) groups is 1. The van der Waals surface area contributed by atoms with E-state index in [4.69, 9.17) is 5.11 Å². The maximum Gasteiger partial charge on any atom is 0.354 e. The quantitative estimate of drug-likeness (QED) is 0.870. The average Bonchev–Trinajstić information content (AvgIpc) is 2.82. The summed E-state index contributed by atoms with van der Waals surface area (Å²) in [6.07, 6.45) is 5.33. The van der Waals surface area contributed by atoms with Crippen LogP contribution in [0.5, 0.6) is 0 Å². The molecule has 1 aliphatic carbocycles. The number of carboxylic acids is 1. The second kappa shape index (κ2) is 4.59. The molecule has 3 rings (SSSR count). The van der Waals surface area contributed by atoms with E-state index in [0.29, 0.717) is 0 Å². The Hall–Kier alpha value is -1.58. The first kappa shape index (κ1) is 11.5. The van der Waals surface area contributed by atoms with E-state index in [1.165, 1.54) is 25.7 Å². The van der Waals surface area contributed by atoms with Crippen LogP contribution in [-0.4, -0.2) is 29.1 Å². The van der Waals surface area contributed by atoms with Crippen LogP contribution in [0, 0.1) is 11.8 Å². The van der Waals surface area contributed by atoms with E-state index in [-0.39, 0.29) is 5.69 Å². The van der Waals surface area contributed by atoms with Crippen LogP contribution < -0.4 is 4.90 Å². The first-order chi connectivity index (χ1) is 8.74. The molecular weight excluding hydrogens is 228 g/mol. The van der Waals surface area contributed by atoms with Crippen molar-refractivity contribution in [2.24, 2.45) is 11.8 Å². The van der Waals surface area contributed by atoms with Crippen LogP contribution in [0.3, 0.4) is 0 Å². The Balaban J connectivity index is 1.79. The third-order valence-electron chi connectivity index (χ3n) is 4.25. The van der Waals surface area contributed by atoms with Gasteiger partial charge in [0.05, 0.1) is 0 Å². The van der Waals surface area contributed by atoms with Gasteiger partial charge < -0.3 is 10.0 Å². The third-order valence-corrected chi connectivity index (χ3v) is 4.25. The number of fused-ring (bicyclic) bond motifs is 1. The Morgan fingerprint density at radius 3 is 2.50 bits per heavy atom. The van der Waals surface area contributed by atoms with Crippen LogP contribution >= 0.6 is 0 Å². The summed E-state index contributed by atoms with van der Waals surface area (Å²) in [6, 6.07) is 5.26. The maximum atomic E-state index is 10.9. The lowest BCUT2D eigenvalue weighted by Crippen LogP contribution is -2.21. The molecule has 4 nitrogen and oxygen atoms in total. The van der Waals surface area contributed by atoms with Gasteiger partial charge in [-0.1, -0.05) is 18.9 Å². The summed E-state index contributed by atoms with van der Waals surface area (Å²) < 4.78 is 0. The van der Waals surface area contributed by atoms with Crippen molar-refractivity contribution in [1.29, 1.82) is 0 Å². The highest BCUT2D eigenvalue weighted by Crippen LogP contribution is 2.37. The normalized spacial score (nSPS) is 27.0. The summed E-state index contributed by atoms with van der Waals surface area (Å²) >= 11 is 0. The van der Waals surface area contributed by atoms with Crippen LogP contribution in [-0.2, 0) is 0 Å². The van der Waals surface area contributed by atoms with Gasteiger partial charge in [0.1, 0.15) is 5.82 Å². The number of hydrogen-bond acceptors (Lipinski definition) is 3. The smallest absolute Gasteiger partial charge is 0.354 e. The zero-order valence-corrected chi connectivity index (χ0v) is 10.4. The Morgan fingerprint density at radius 1 is 1.22 bits per heavy atom. The van der Waals surface area contributed by atoms with E-state index in [2.05, 4.69) is 9.88 Å². The van der Waals surface area contributed by atoms with Gasteiger partial charge in [-0.2, -0.15) is 0 Å². The molecule has 1 aliphatic heterocycles. The highest BCUT2D eigenvalue weighted by atomic mass is 16.4. The van der Waals surface area contributed by atoms with E-state index in [9.17, 15) is 4.79 Å². The van der Waals surface area contributed by atoms with Crippen molar-refractivity contribution >= 4 is 11.8 Å². The summed E-state index contributed by atoms with van der Waals surface area (Å²) in [5.74, 6) is 1.45. The van der Waals surface area contributed by atoms with Gasteiger partial charge in [0.25, 0.3) is 0 Å². The predicted octanol–water partition coefficient (Wildman–Crippen LogP) is 2.41. The molecule has 2 heterocycles. The summed E-state index contributed by atoms with van der Waals surface area (Å²) in [5.41, 5.74) is 0.141. The number of pyridine rings is 1. The standard InChI is InChI=1S/C14H18N2O2/c17-14(18)12-6-3-7-13(15-12)16-8-10-4-1-2-5-11(10)9-16/h3,6-7,10-11H,1-2,4-5,8-9H2,(H,17,18)/t10-,11+. The van der Waals surface area contributed by atoms with Crippen molar-refractivity contribution in [2.75, 3.05) is 18.0 Å². The molecule has 18 heavy (non-hydrogen) atoms. The zero-order chi connectivity index (χ0) is 12.5. The van der Waals surface area contributed by atoms with Gasteiger partial charge in [0, 0.05) is 13.1 Å². The summed E-state index contributed by atoms with van der Waals surface area (Å²) in [7, 11) is 0. The molecule has 0 unspecified atom stereocenters. The Kier molecular flexibility index (Phi) is 2.94. The van der Waals surface area contributed by atoms with Crippen molar-refractivity contribution in [1.82, 2.24) is 4.98 Å². The van der Waals surface area contributed by atoms with Crippen LogP contribution in [0.2, 0.25) is 0 Å². The first-order valence-corrected chi connectivity index (χ1v) is 6.69. The van der Waals surface area contributed by atoms with E-state index in [1.807, 2.05) is 6.07 Å². The third kappa shape index (κ3) is 2.07. The lowest BCUT2D eigenvalue weighted by Gasteiger charge is -2.22. The fraction of sp³-hybridized carbons (Fsp3) is 0.571. The molecule has 96 valence electrons. The highest BCUT2D eigenvalue weighted by molar-refractivity contribution is 5.85. The van der Waals surface area contributed by atoms with E-state index < -0.39 is 5.97 Å². The Labute approximate surface area is 107 Å². The molecule has 0 bridgehead atoms. The molecule has 1 saturated heterocycles. The topological polar surface area (TPSA) is 53.4 Å². The fourth-order valence-corrected chi connectivity index (χ4v) is 3.31. The molecule has 1 aromatic rings. The molecule has 0 radical (unpaired) electrons. The van der Waals surface area contributed by atoms with Crippen molar-refractivity contribution < 1.29 is 9.90 Å². The second-order valence-electron chi connectivity index (χ2n) is 5.40. The van der Waals surface area contributed by atoms with E-state index in [0.717, 1.165) is 30.7 Å². The first-order valence-electron chi connectivity index (χ1n) is 6.69. The fourth-order valence-electron chi connectivity index (χ4n) is 3.31. The molecule has 0 aromatic carbocycles. The van der Waals surface area contributed by atoms with Crippen molar-refractivity contribution in [3.05, 3.63) is 23.9 Å². The number of aromatic nitrogens is 1. The second-order valence-corrected chi connectivity index (χ2v) is 5.40. The molecule has 2 fully saturated rings. The minimum absolute atomic E-state index is 0.141. The van der Waals surface area contributed by atoms with Crippen LogP contribution in [0.4, 0.5) is 5.82 Å². The number of rotatable bonds is 2. The molecular formula is C14H18N2O2.